The standard InChI is InChI=1S/C24H18BrNO5/c1-13-4-10-17-15(12-13)7-11-18-19(23(28)30-2)20(24(29)31-3)21(26(17)18)22(27)14-5-8-16(25)9-6-14/h4-12H,1-3H3. The molecule has 2 aromatic carbocycles. The van der Waals surface area contributed by atoms with E-state index < -0.39 is 17.7 Å². The normalized spacial score (nSPS) is 11.0. The lowest BCUT2D eigenvalue weighted by Crippen LogP contribution is -2.15. The van der Waals surface area contributed by atoms with E-state index in [0.29, 0.717) is 16.6 Å². The average Bonchev–Trinajstić information content (AvgIpc) is 3.13. The van der Waals surface area contributed by atoms with Crippen LogP contribution in [0.4, 0.5) is 0 Å². The molecule has 0 radical (unpaired) electrons. The average molecular weight is 480 g/mol. The number of fused-ring (bicyclic) bond motifs is 3. The number of halogens is 1. The lowest BCUT2D eigenvalue weighted by atomic mass is 10.0. The molecular weight excluding hydrogens is 462 g/mol. The molecule has 2 heterocycles. The summed E-state index contributed by atoms with van der Waals surface area (Å²) in [5, 5.41) is 0.861. The van der Waals surface area contributed by atoms with Crippen LogP contribution in [-0.4, -0.2) is 36.3 Å². The molecule has 4 rings (SSSR count). The summed E-state index contributed by atoms with van der Waals surface area (Å²) in [5.41, 5.74) is 2.43. The minimum absolute atomic E-state index is 0.00251. The Labute approximate surface area is 186 Å². The predicted octanol–water partition coefficient (Wildman–Crippen LogP) is 4.97. The zero-order chi connectivity index (χ0) is 22.3. The molecule has 31 heavy (non-hydrogen) atoms. The Morgan fingerprint density at radius 3 is 2.06 bits per heavy atom. The molecule has 2 aromatic heterocycles. The highest BCUT2D eigenvalue weighted by Gasteiger charge is 2.33. The fourth-order valence-corrected chi connectivity index (χ4v) is 4.01. The fraction of sp³-hybridized carbons (Fsp3) is 0.125. The van der Waals surface area contributed by atoms with Crippen LogP contribution in [0.3, 0.4) is 0 Å². The first-order valence-electron chi connectivity index (χ1n) is 9.42. The molecular formula is C24H18BrNO5. The van der Waals surface area contributed by atoms with Gasteiger partial charge < -0.3 is 13.9 Å². The van der Waals surface area contributed by atoms with Crippen LogP contribution in [0.15, 0.2) is 59.1 Å². The van der Waals surface area contributed by atoms with Crippen molar-refractivity contribution in [3.63, 3.8) is 0 Å². The maximum atomic E-state index is 13.7. The molecule has 4 aromatic rings. The molecule has 0 aliphatic carbocycles. The van der Waals surface area contributed by atoms with Crippen molar-refractivity contribution < 1.29 is 23.9 Å². The molecule has 0 spiro atoms. The van der Waals surface area contributed by atoms with Crippen LogP contribution < -0.4 is 0 Å². The molecule has 0 bridgehead atoms. The maximum Gasteiger partial charge on any atom is 0.341 e. The molecule has 7 heteroatoms. The molecule has 0 unspecified atom stereocenters. The molecule has 0 atom stereocenters. The number of ketones is 1. The second-order valence-corrected chi connectivity index (χ2v) is 7.95. The van der Waals surface area contributed by atoms with Gasteiger partial charge in [0.25, 0.3) is 0 Å². The number of aromatic nitrogens is 1. The Balaban J connectivity index is 2.19. The van der Waals surface area contributed by atoms with E-state index in [1.54, 1.807) is 34.7 Å². The number of rotatable bonds is 4. The summed E-state index contributed by atoms with van der Waals surface area (Å²) >= 11 is 3.36. The van der Waals surface area contributed by atoms with Crippen molar-refractivity contribution in [2.75, 3.05) is 14.2 Å². The van der Waals surface area contributed by atoms with Crippen molar-refractivity contribution in [2.45, 2.75) is 6.92 Å². The summed E-state index contributed by atoms with van der Waals surface area (Å²) in [7, 11) is 2.44. The van der Waals surface area contributed by atoms with Crippen LogP contribution in [0, 0.1) is 6.92 Å². The number of carbonyl (C=O) groups excluding carboxylic acids is 3. The molecule has 156 valence electrons. The van der Waals surface area contributed by atoms with Gasteiger partial charge in [0.2, 0.25) is 5.78 Å². The molecule has 0 saturated heterocycles. The third-order valence-electron chi connectivity index (χ3n) is 5.15. The summed E-state index contributed by atoms with van der Waals surface area (Å²) in [6.45, 7) is 1.97. The number of aryl methyl sites for hydroxylation is 1. The van der Waals surface area contributed by atoms with Crippen LogP contribution in [-0.2, 0) is 9.47 Å². The topological polar surface area (TPSA) is 74.1 Å². The summed E-state index contributed by atoms with van der Waals surface area (Å²) in [5.74, 6) is -1.92. The van der Waals surface area contributed by atoms with Crippen LogP contribution >= 0.6 is 15.9 Å². The van der Waals surface area contributed by atoms with Crippen LogP contribution in [0.2, 0.25) is 0 Å². The van der Waals surface area contributed by atoms with Gasteiger partial charge >= 0.3 is 11.9 Å². The fourth-order valence-electron chi connectivity index (χ4n) is 3.74. The quantitative estimate of drug-likeness (QED) is 0.305. The van der Waals surface area contributed by atoms with E-state index in [2.05, 4.69) is 15.9 Å². The third kappa shape index (κ3) is 3.41. The third-order valence-corrected chi connectivity index (χ3v) is 5.68. The lowest BCUT2D eigenvalue weighted by molar-refractivity contribution is 0.0556. The Hall–Kier alpha value is -3.45. The number of benzene rings is 2. The van der Waals surface area contributed by atoms with E-state index in [9.17, 15) is 14.4 Å². The van der Waals surface area contributed by atoms with Gasteiger partial charge in [-0.3, -0.25) is 4.79 Å². The molecule has 0 fully saturated rings. The maximum absolute atomic E-state index is 13.7. The van der Waals surface area contributed by atoms with Crippen molar-refractivity contribution in [1.82, 2.24) is 4.40 Å². The second kappa shape index (κ2) is 8.00. The monoisotopic (exact) mass is 479 g/mol. The summed E-state index contributed by atoms with van der Waals surface area (Å²) < 4.78 is 12.4. The molecule has 6 nitrogen and oxygen atoms in total. The first-order valence-corrected chi connectivity index (χ1v) is 10.2. The zero-order valence-electron chi connectivity index (χ0n) is 17.1. The number of methoxy groups -OCH3 is 2. The van der Waals surface area contributed by atoms with Gasteiger partial charge in [-0.2, -0.15) is 0 Å². The van der Waals surface area contributed by atoms with E-state index >= 15 is 0 Å². The molecule has 0 N–H and O–H groups in total. The van der Waals surface area contributed by atoms with Gasteiger partial charge in [-0.05, 0) is 54.8 Å². The van der Waals surface area contributed by atoms with Crippen molar-refractivity contribution in [1.29, 1.82) is 0 Å². The predicted molar refractivity (Wildman–Crippen MR) is 120 cm³/mol. The summed E-state index contributed by atoms with van der Waals surface area (Å²) in [4.78, 5) is 39.2. The minimum atomic E-state index is -0.787. The van der Waals surface area contributed by atoms with E-state index in [0.717, 1.165) is 15.4 Å². The highest BCUT2D eigenvalue weighted by molar-refractivity contribution is 9.10. The van der Waals surface area contributed by atoms with Gasteiger partial charge in [-0.1, -0.05) is 33.6 Å². The van der Waals surface area contributed by atoms with E-state index in [1.165, 1.54) is 14.2 Å². The van der Waals surface area contributed by atoms with Gasteiger partial charge in [0.1, 0.15) is 16.8 Å². The van der Waals surface area contributed by atoms with Crippen LogP contribution in [0.25, 0.3) is 16.4 Å². The number of hydrogen-bond donors (Lipinski definition) is 0. The largest absolute Gasteiger partial charge is 0.465 e. The summed E-state index contributed by atoms with van der Waals surface area (Å²) in [6, 6.07) is 16.1. The first kappa shape index (κ1) is 20.8. The molecule has 0 saturated carbocycles. The number of hydrogen-bond acceptors (Lipinski definition) is 5. The molecule has 0 aliphatic heterocycles. The number of esters is 2. The van der Waals surface area contributed by atoms with E-state index in [-0.39, 0.29) is 16.8 Å². The number of ether oxygens (including phenoxy) is 2. The van der Waals surface area contributed by atoms with Crippen molar-refractivity contribution in [3.05, 3.63) is 87.0 Å². The second-order valence-electron chi connectivity index (χ2n) is 7.03. The molecule has 0 amide bonds. The van der Waals surface area contributed by atoms with Crippen molar-refractivity contribution in [3.8, 4) is 0 Å². The highest BCUT2D eigenvalue weighted by atomic mass is 79.9. The van der Waals surface area contributed by atoms with E-state index in [1.807, 2.05) is 31.2 Å². The first-order chi connectivity index (χ1) is 14.9. The van der Waals surface area contributed by atoms with E-state index in [4.69, 9.17) is 9.47 Å². The summed E-state index contributed by atoms with van der Waals surface area (Å²) in [6.07, 6.45) is 0. The Bertz CT molecular complexity index is 1370. The van der Waals surface area contributed by atoms with Gasteiger partial charge in [0.05, 0.1) is 25.3 Å². The number of carbonyl (C=O) groups is 3. The minimum Gasteiger partial charge on any atom is -0.465 e. The Morgan fingerprint density at radius 1 is 0.806 bits per heavy atom. The van der Waals surface area contributed by atoms with Crippen LogP contribution in [0.1, 0.15) is 42.3 Å². The van der Waals surface area contributed by atoms with Gasteiger partial charge in [0, 0.05) is 10.0 Å². The lowest BCUT2D eigenvalue weighted by Gasteiger charge is -2.09. The van der Waals surface area contributed by atoms with Crippen LogP contribution in [0.5, 0.6) is 0 Å². The number of nitrogens with zero attached hydrogens (tertiary/aromatic N) is 1. The van der Waals surface area contributed by atoms with Gasteiger partial charge in [0.15, 0.2) is 0 Å². The Kier molecular flexibility index (Phi) is 5.37. The van der Waals surface area contributed by atoms with Crippen molar-refractivity contribution in [2.24, 2.45) is 0 Å². The smallest absolute Gasteiger partial charge is 0.341 e. The Morgan fingerprint density at radius 2 is 1.42 bits per heavy atom. The van der Waals surface area contributed by atoms with Gasteiger partial charge in [-0.25, -0.2) is 9.59 Å². The highest BCUT2D eigenvalue weighted by Crippen LogP contribution is 2.32. The zero-order valence-corrected chi connectivity index (χ0v) is 18.6. The number of pyridine rings is 1. The SMILES string of the molecule is COC(=O)c1c(C(=O)OC)c2ccc3cc(C)ccc3n2c1C(=O)c1ccc(Br)cc1. The van der Waals surface area contributed by atoms with Crippen molar-refractivity contribution >= 4 is 50.1 Å². The van der Waals surface area contributed by atoms with Gasteiger partial charge in [-0.15, -0.1) is 0 Å². The molecule has 0 aliphatic rings.